The van der Waals surface area contributed by atoms with Crippen molar-refractivity contribution in [2.24, 2.45) is 0 Å². The summed E-state index contributed by atoms with van der Waals surface area (Å²) in [7, 11) is 0. The summed E-state index contributed by atoms with van der Waals surface area (Å²) in [5.41, 5.74) is 9.05. The van der Waals surface area contributed by atoms with E-state index in [0.29, 0.717) is 5.25 Å². The molecule has 2 nitrogen and oxygen atoms in total. The molecule has 0 saturated heterocycles. The van der Waals surface area contributed by atoms with Crippen LogP contribution in [0, 0.1) is 0 Å². The number of hydrogen-bond donors (Lipinski definition) is 1. The van der Waals surface area contributed by atoms with Crippen molar-refractivity contribution >= 4 is 28.4 Å². The first-order valence-corrected chi connectivity index (χ1v) is 6.47. The molecule has 3 heteroatoms. The molecule has 2 aromatic rings. The molecule has 0 atom stereocenters. The van der Waals surface area contributed by atoms with E-state index in [-0.39, 0.29) is 0 Å². The fourth-order valence-corrected chi connectivity index (χ4v) is 2.37. The molecule has 1 heterocycles. The zero-order valence-electron chi connectivity index (χ0n) is 9.60. The van der Waals surface area contributed by atoms with Gasteiger partial charge in [-0.05, 0) is 29.0 Å². The molecule has 0 bridgehead atoms. The quantitative estimate of drug-likeness (QED) is 0.824. The molecule has 0 aliphatic rings. The molecule has 0 aliphatic heterocycles. The van der Waals surface area contributed by atoms with Gasteiger partial charge in [0.1, 0.15) is 0 Å². The Morgan fingerprint density at radius 1 is 1.31 bits per heavy atom. The molecule has 0 saturated carbocycles. The Kier molecular flexibility index (Phi) is 3.34. The van der Waals surface area contributed by atoms with Crippen molar-refractivity contribution in [1.82, 2.24) is 4.98 Å². The third-order valence-electron chi connectivity index (χ3n) is 2.46. The Hall–Kier alpha value is -1.22. The average molecular weight is 232 g/mol. The van der Waals surface area contributed by atoms with Crippen LogP contribution in [0.3, 0.4) is 0 Å². The number of nitrogens with zero attached hydrogens (tertiary/aromatic N) is 1. The van der Waals surface area contributed by atoms with Crippen LogP contribution in [0.4, 0.5) is 5.69 Å². The van der Waals surface area contributed by atoms with E-state index in [1.165, 1.54) is 5.56 Å². The minimum Gasteiger partial charge on any atom is -0.398 e. The average Bonchev–Trinajstić information content (AvgIpc) is 2.28. The lowest BCUT2D eigenvalue weighted by molar-refractivity contribution is 1.11. The number of hydrogen-bond acceptors (Lipinski definition) is 3. The highest BCUT2D eigenvalue weighted by molar-refractivity contribution is 7.99. The van der Waals surface area contributed by atoms with Crippen LogP contribution in [-0.2, 0) is 5.75 Å². The molecule has 1 aromatic heterocycles. The molecule has 84 valence electrons. The van der Waals surface area contributed by atoms with Crippen LogP contribution in [0.5, 0.6) is 0 Å². The predicted molar refractivity (Wildman–Crippen MR) is 72.6 cm³/mol. The number of nitrogen functional groups attached to an aromatic ring is 1. The summed E-state index contributed by atoms with van der Waals surface area (Å²) in [4.78, 5) is 4.43. The van der Waals surface area contributed by atoms with Gasteiger partial charge in [-0.15, -0.1) is 0 Å². The second kappa shape index (κ2) is 4.74. The van der Waals surface area contributed by atoms with Crippen molar-refractivity contribution < 1.29 is 0 Å². The summed E-state index contributed by atoms with van der Waals surface area (Å²) < 4.78 is 0. The third kappa shape index (κ3) is 2.30. The van der Waals surface area contributed by atoms with E-state index in [4.69, 9.17) is 5.73 Å². The summed E-state index contributed by atoms with van der Waals surface area (Å²) >= 11 is 1.92. The van der Waals surface area contributed by atoms with E-state index in [9.17, 15) is 0 Å². The molecule has 16 heavy (non-hydrogen) atoms. The smallest absolute Gasteiger partial charge is 0.0763 e. The topological polar surface area (TPSA) is 38.9 Å². The highest BCUT2D eigenvalue weighted by Crippen LogP contribution is 2.26. The van der Waals surface area contributed by atoms with E-state index in [1.54, 1.807) is 0 Å². The highest BCUT2D eigenvalue weighted by atomic mass is 32.2. The molecule has 2 rings (SSSR count). The van der Waals surface area contributed by atoms with Gasteiger partial charge in [0, 0.05) is 23.0 Å². The van der Waals surface area contributed by atoms with Crippen molar-refractivity contribution in [2.75, 3.05) is 5.73 Å². The highest BCUT2D eigenvalue weighted by Gasteiger charge is 2.05. The van der Waals surface area contributed by atoms with Crippen molar-refractivity contribution in [1.29, 1.82) is 0 Å². The molecular formula is C13H16N2S. The summed E-state index contributed by atoms with van der Waals surface area (Å²) in [6, 6.07) is 8.01. The predicted octanol–water partition coefficient (Wildman–Crippen LogP) is 3.46. The Labute approximate surface area is 100 Å². The summed E-state index contributed by atoms with van der Waals surface area (Å²) in [6.07, 6.45) is 1.82. The third-order valence-corrected chi connectivity index (χ3v) is 3.60. The molecule has 0 aliphatic carbocycles. The van der Waals surface area contributed by atoms with Crippen LogP contribution >= 0.6 is 11.8 Å². The Morgan fingerprint density at radius 3 is 2.88 bits per heavy atom. The lowest BCUT2D eigenvalue weighted by atomic mass is 10.1. The van der Waals surface area contributed by atoms with E-state index in [0.717, 1.165) is 22.3 Å². The Balaban J connectivity index is 2.42. The summed E-state index contributed by atoms with van der Waals surface area (Å²) in [5, 5.41) is 1.70. The number of aromatic nitrogens is 1. The van der Waals surface area contributed by atoms with Gasteiger partial charge in [0.2, 0.25) is 0 Å². The molecular weight excluding hydrogens is 216 g/mol. The van der Waals surface area contributed by atoms with Gasteiger partial charge in [0.25, 0.3) is 0 Å². The van der Waals surface area contributed by atoms with Gasteiger partial charge in [-0.2, -0.15) is 11.8 Å². The fourth-order valence-electron chi connectivity index (χ4n) is 1.63. The van der Waals surface area contributed by atoms with Crippen LogP contribution in [0.1, 0.15) is 19.4 Å². The van der Waals surface area contributed by atoms with Gasteiger partial charge in [-0.1, -0.05) is 19.9 Å². The molecule has 0 amide bonds. The summed E-state index contributed by atoms with van der Waals surface area (Å²) in [6.45, 7) is 4.41. The molecule has 1 aromatic carbocycles. The lowest BCUT2D eigenvalue weighted by Gasteiger charge is -2.09. The zero-order chi connectivity index (χ0) is 11.5. The van der Waals surface area contributed by atoms with E-state index in [2.05, 4.69) is 24.9 Å². The van der Waals surface area contributed by atoms with E-state index in [1.807, 2.05) is 36.2 Å². The molecule has 0 spiro atoms. The van der Waals surface area contributed by atoms with Gasteiger partial charge in [0.05, 0.1) is 5.52 Å². The minimum atomic E-state index is 0.635. The number of rotatable bonds is 3. The first-order chi connectivity index (χ1) is 7.68. The van der Waals surface area contributed by atoms with Crippen LogP contribution < -0.4 is 5.73 Å². The maximum Gasteiger partial charge on any atom is 0.0763 e. The Morgan fingerprint density at radius 2 is 2.12 bits per heavy atom. The minimum absolute atomic E-state index is 0.635. The number of anilines is 1. The van der Waals surface area contributed by atoms with Gasteiger partial charge in [0.15, 0.2) is 0 Å². The maximum absolute atomic E-state index is 5.93. The first kappa shape index (κ1) is 11.3. The molecule has 0 fully saturated rings. The van der Waals surface area contributed by atoms with Crippen LogP contribution in [0.25, 0.3) is 10.9 Å². The van der Waals surface area contributed by atoms with Crippen LogP contribution in [0.2, 0.25) is 0 Å². The van der Waals surface area contributed by atoms with E-state index < -0.39 is 0 Å². The molecule has 0 radical (unpaired) electrons. The standard InChI is InChI=1S/C13H16N2S/c1-9(2)16-8-10-5-6-12(14)11-4-3-7-15-13(10)11/h3-7,9H,8,14H2,1-2H3. The van der Waals surface area contributed by atoms with Crippen molar-refractivity contribution in [2.45, 2.75) is 24.9 Å². The largest absolute Gasteiger partial charge is 0.398 e. The number of fused-ring (bicyclic) bond motifs is 1. The van der Waals surface area contributed by atoms with Crippen molar-refractivity contribution in [3.05, 3.63) is 36.0 Å². The number of thioether (sulfide) groups is 1. The zero-order valence-corrected chi connectivity index (χ0v) is 10.4. The molecule has 2 N–H and O–H groups in total. The van der Waals surface area contributed by atoms with Gasteiger partial charge >= 0.3 is 0 Å². The van der Waals surface area contributed by atoms with Gasteiger partial charge in [-0.3, -0.25) is 4.98 Å². The van der Waals surface area contributed by atoms with Crippen LogP contribution in [0.15, 0.2) is 30.5 Å². The lowest BCUT2D eigenvalue weighted by Crippen LogP contribution is -1.94. The van der Waals surface area contributed by atoms with Crippen LogP contribution in [-0.4, -0.2) is 10.2 Å². The summed E-state index contributed by atoms with van der Waals surface area (Å²) in [5.74, 6) is 0.992. The number of pyridine rings is 1. The molecule has 0 unspecified atom stereocenters. The van der Waals surface area contributed by atoms with E-state index >= 15 is 0 Å². The second-order valence-corrected chi connectivity index (χ2v) is 5.64. The maximum atomic E-state index is 5.93. The number of benzene rings is 1. The van der Waals surface area contributed by atoms with Gasteiger partial charge < -0.3 is 5.73 Å². The second-order valence-electron chi connectivity index (χ2n) is 4.07. The SMILES string of the molecule is CC(C)SCc1ccc(N)c2cccnc12. The fraction of sp³-hybridized carbons (Fsp3) is 0.308. The normalized spacial score (nSPS) is 11.2. The first-order valence-electron chi connectivity index (χ1n) is 5.42. The van der Waals surface area contributed by atoms with Crippen molar-refractivity contribution in [3.63, 3.8) is 0 Å². The number of nitrogens with two attached hydrogens (primary N) is 1. The van der Waals surface area contributed by atoms with Crippen molar-refractivity contribution in [3.8, 4) is 0 Å². The Bertz CT molecular complexity index is 494. The monoisotopic (exact) mass is 232 g/mol. The van der Waals surface area contributed by atoms with Gasteiger partial charge in [-0.25, -0.2) is 0 Å².